The smallest absolute Gasteiger partial charge is 0.0729 e. The van der Waals surface area contributed by atoms with Gasteiger partial charge in [0, 0.05) is 26.8 Å². The highest BCUT2D eigenvalue weighted by molar-refractivity contribution is 8.26. The molecule has 0 aliphatic heterocycles. The number of thiol groups is 4. The van der Waals surface area contributed by atoms with Crippen LogP contribution in [0.5, 0.6) is 0 Å². The fourth-order valence-electron chi connectivity index (χ4n) is 0.721. The SMILES string of the molecule is SCCCSCSCSCSCC(S)(S)CS. The quantitative estimate of drug-likeness (QED) is 0.220. The number of hydrogen-bond donors (Lipinski definition) is 4. The van der Waals surface area contributed by atoms with Crippen LogP contribution in [0.4, 0.5) is 0 Å². The summed E-state index contributed by atoms with van der Waals surface area (Å²) in [6, 6.07) is 0. The third-order valence-corrected chi connectivity index (χ3v) is 9.22. The second kappa shape index (κ2) is 13.8. The van der Waals surface area contributed by atoms with Gasteiger partial charge in [0.15, 0.2) is 0 Å². The fourth-order valence-corrected chi connectivity index (χ4v) is 6.67. The summed E-state index contributed by atoms with van der Waals surface area (Å²) in [5.41, 5.74) is 0. The van der Waals surface area contributed by atoms with Gasteiger partial charge in [0.1, 0.15) is 0 Å². The van der Waals surface area contributed by atoms with Gasteiger partial charge in [-0.05, 0) is 17.9 Å². The molecule has 0 saturated heterocycles. The van der Waals surface area contributed by atoms with Gasteiger partial charge < -0.3 is 0 Å². The van der Waals surface area contributed by atoms with Crippen molar-refractivity contribution in [1.29, 1.82) is 0 Å². The molecule has 0 atom stereocenters. The molecule has 0 heterocycles. The van der Waals surface area contributed by atoms with E-state index in [1.807, 2.05) is 47.0 Å². The summed E-state index contributed by atoms with van der Waals surface area (Å²) in [5.74, 6) is 3.88. The molecule has 0 spiro atoms. The van der Waals surface area contributed by atoms with Crippen molar-refractivity contribution in [2.45, 2.75) is 10.5 Å². The minimum Gasteiger partial charge on any atom is -0.179 e. The van der Waals surface area contributed by atoms with Gasteiger partial charge in [-0.25, -0.2) is 0 Å². The van der Waals surface area contributed by atoms with Gasteiger partial charge >= 0.3 is 0 Å². The Balaban J connectivity index is 3.09. The van der Waals surface area contributed by atoms with Crippen molar-refractivity contribution in [3.8, 4) is 0 Å². The van der Waals surface area contributed by atoms with Crippen LogP contribution < -0.4 is 0 Å². The first kappa shape index (κ1) is 19.8. The Hall–Kier alpha value is 2.80. The minimum atomic E-state index is -0.232. The first-order valence-electron chi connectivity index (χ1n) is 5.10. The molecule has 0 aromatic carbocycles. The summed E-state index contributed by atoms with van der Waals surface area (Å²) in [6.45, 7) is 0. The van der Waals surface area contributed by atoms with Gasteiger partial charge in [-0.2, -0.15) is 62.3 Å². The van der Waals surface area contributed by atoms with E-state index in [0.29, 0.717) is 5.75 Å². The molecule has 104 valence electrons. The standard InChI is InChI=1S/C9H20S8/c10-2-1-3-14-6-16-8-17-7-15-5-9(12,13)4-11/h10-13H,1-8H2. The molecule has 0 nitrogen and oxygen atoms in total. The number of rotatable bonds is 12. The van der Waals surface area contributed by atoms with Crippen LogP contribution in [-0.4, -0.2) is 42.3 Å². The summed E-state index contributed by atoms with van der Waals surface area (Å²) in [7, 11) is 0. The van der Waals surface area contributed by atoms with E-state index in [4.69, 9.17) is 0 Å². The van der Waals surface area contributed by atoms with Crippen molar-refractivity contribution < 1.29 is 0 Å². The van der Waals surface area contributed by atoms with Crippen LogP contribution in [0, 0.1) is 0 Å². The highest BCUT2D eigenvalue weighted by Gasteiger charge is 2.17. The Morgan fingerprint density at radius 2 is 1.41 bits per heavy atom. The van der Waals surface area contributed by atoms with Crippen LogP contribution in [0.25, 0.3) is 0 Å². The highest BCUT2D eigenvalue weighted by atomic mass is 32.2. The molecule has 0 aliphatic carbocycles. The van der Waals surface area contributed by atoms with Crippen molar-refractivity contribution in [2.75, 3.05) is 38.3 Å². The zero-order chi connectivity index (χ0) is 13.0. The predicted molar refractivity (Wildman–Crippen MR) is 108 cm³/mol. The van der Waals surface area contributed by atoms with Crippen molar-refractivity contribution >= 4 is 97.6 Å². The molecule has 0 fully saturated rings. The molecule has 0 N–H and O–H groups in total. The molecule has 0 saturated carbocycles. The predicted octanol–water partition coefficient (Wildman–Crippen LogP) is 4.60. The second-order valence-electron chi connectivity index (χ2n) is 3.24. The lowest BCUT2D eigenvalue weighted by molar-refractivity contribution is 1.09. The first-order valence-corrected chi connectivity index (χ1v) is 11.9. The topological polar surface area (TPSA) is 0 Å². The van der Waals surface area contributed by atoms with Crippen LogP contribution in [0.15, 0.2) is 0 Å². The lowest BCUT2D eigenvalue weighted by Crippen LogP contribution is -2.18. The monoisotopic (exact) mass is 384 g/mol. The molecule has 0 aromatic rings. The van der Waals surface area contributed by atoms with E-state index in [-0.39, 0.29) is 4.08 Å². The summed E-state index contributed by atoms with van der Waals surface area (Å²) in [5, 5.41) is 3.49. The van der Waals surface area contributed by atoms with E-state index in [0.717, 1.165) is 16.6 Å². The largest absolute Gasteiger partial charge is 0.179 e. The van der Waals surface area contributed by atoms with Crippen molar-refractivity contribution in [2.24, 2.45) is 0 Å². The average Bonchev–Trinajstić information content (AvgIpc) is 2.31. The summed E-state index contributed by atoms with van der Waals surface area (Å²) >= 11 is 25.1. The molecule has 0 rings (SSSR count). The average molecular weight is 385 g/mol. The Bertz CT molecular complexity index is 163. The van der Waals surface area contributed by atoms with Gasteiger partial charge in [0.2, 0.25) is 0 Å². The van der Waals surface area contributed by atoms with Crippen molar-refractivity contribution in [1.82, 2.24) is 0 Å². The third-order valence-electron chi connectivity index (χ3n) is 1.53. The van der Waals surface area contributed by atoms with Crippen LogP contribution >= 0.6 is 97.6 Å². The second-order valence-corrected chi connectivity index (χ2v) is 11.2. The van der Waals surface area contributed by atoms with Crippen molar-refractivity contribution in [3.05, 3.63) is 0 Å². The minimum absolute atomic E-state index is 0.232. The number of hydrogen-bond acceptors (Lipinski definition) is 8. The highest BCUT2D eigenvalue weighted by Crippen LogP contribution is 2.29. The van der Waals surface area contributed by atoms with E-state index in [2.05, 4.69) is 50.5 Å². The molecule has 17 heavy (non-hydrogen) atoms. The van der Waals surface area contributed by atoms with Crippen LogP contribution in [0.1, 0.15) is 6.42 Å². The van der Waals surface area contributed by atoms with E-state index < -0.39 is 0 Å². The molecular weight excluding hydrogens is 365 g/mol. The molecule has 0 bridgehead atoms. The molecule has 0 amide bonds. The van der Waals surface area contributed by atoms with Gasteiger partial charge in [-0.15, -0.1) is 35.3 Å². The van der Waals surface area contributed by atoms with E-state index in [1.165, 1.54) is 22.3 Å². The van der Waals surface area contributed by atoms with Gasteiger partial charge in [0.25, 0.3) is 0 Å². The molecule has 0 radical (unpaired) electrons. The maximum absolute atomic E-state index is 4.42. The van der Waals surface area contributed by atoms with Crippen LogP contribution in [0.2, 0.25) is 0 Å². The number of thioether (sulfide) groups is 4. The lowest BCUT2D eigenvalue weighted by Gasteiger charge is -2.18. The zero-order valence-corrected chi connectivity index (χ0v) is 16.4. The maximum atomic E-state index is 4.42. The normalized spacial score (nSPS) is 12.0. The summed E-state index contributed by atoms with van der Waals surface area (Å²) in [6.07, 6.45) is 1.22. The fraction of sp³-hybridized carbons (Fsp3) is 1.00. The van der Waals surface area contributed by atoms with E-state index >= 15 is 0 Å². The lowest BCUT2D eigenvalue weighted by atomic mass is 10.5. The summed E-state index contributed by atoms with van der Waals surface area (Å²) in [4.78, 5) is 0. The Morgan fingerprint density at radius 1 is 0.824 bits per heavy atom. The van der Waals surface area contributed by atoms with Gasteiger partial charge in [-0.1, -0.05) is 0 Å². The Kier molecular flexibility index (Phi) is 16.0. The molecule has 0 aliphatic rings. The third kappa shape index (κ3) is 15.0. The van der Waals surface area contributed by atoms with Gasteiger partial charge in [-0.3, -0.25) is 0 Å². The first-order chi connectivity index (χ1) is 8.12. The Labute approximate surface area is 145 Å². The molecule has 0 aromatic heterocycles. The Morgan fingerprint density at radius 3 is 2.00 bits per heavy atom. The molecule has 0 unspecified atom stereocenters. The summed E-state index contributed by atoms with van der Waals surface area (Å²) < 4.78 is -0.232. The van der Waals surface area contributed by atoms with Crippen molar-refractivity contribution in [3.63, 3.8) is 0 Å². The molecule has 8 heteroatoms. The maximum Gasteiger partial charge on any atom is 0.0729 e. The molecular formula is C9H20S8. The van der Waals surface area contributed by atoms with Crippen LogP contribution in [-0.2, 0) is 0 Å². The van der Waals surface area contributed by atoms with Crippen LogP contribution in [0.3, 0.4) is 0 Å². The van der Waals surface area contributed by atoms with E-state index in [9.17, 15) is 0 Å². The van der Waals surface area contributed by atoms with Gasteiger partial charge in [0.05, 0.1) is 4.08 Å². The zero-order valence-electron chi connectivity index (χ0n) is 9.58. The van der Waals surface area contributed by atoms with E-state index in [1.54, 1.807) is 0 Å².